The molecule has 6 heteroatoms. The Morgan fingerprint density at radius 3 is 1.08 bits per heavy atom. The molecule has 0 N–H and O–H groups in total. The Morgan fingerprint density at radius 1 is 0.526 bits per heavy atom. The average molecular weight is 634 g/mol. The molecule has 0 bridgehead atoms. The maximum Gasteiger partial charge on any atom is 4.00 e. The molecular weight excluding hydrogens is 595 g/mol. The largest absolute Gasteiger partial charge is 4.00 e. The summed E-state index contributed by atoms with van der Waals surface area (Å²) in [5, 5.41) is 7.61. The van der Waals surface area contributed by atoms with Crippen LogP contribution in [0.15, 0.2) is 71.1 Å². The molecule has 3 aromatic rings. The number of rotatable bonds is 5. The van der Waals surface area contributed by atoms with Gasteiger partial charge in [0.1, 0.15) is 8.07 Å². The summed E-state index contributed by atoms with van der Waals surface area (Å²) in [6.07, 6.45) is 7.42. The molecule has 0 heterocycles. The molecule has 0 saturated carbocycles. The molecule has 200 valence electrons. The van der Waals surface area contributed by atoms with E-state index in [-0.39, 0.29) is 58.9 Å². The summed E-state index contributed by atoms with van der Waals surface area (Å²) in [5.74, 6) is 0. The first kappa shape index (κ1) is 37.2. The van der Waals surface area contributed by atoms with Gasteiger partial charge in [-0.2, -0.15) is 6.08 Å². The van der Waals surface area contributed by atoms with Gasteiger partial charge in [-0.15, -0.1) is 6.42 Å². The first-order chi connectivity index (χ1) is 15.9. The van der Waals surface area contributed by atoms with E-state index in [1.807, 2.05) is 0 Å². The quantitative estimate of drug-likeness (QED) is 0.166. The molecule has 3 aromatic carbocycles. The number of allylic oxidation sites excluding steroid dienone is 4. The SMILES string of the molecule is Cc1cc(C)cc([Si](C2=[C-]CC=C2[Si](C)(C)C)(c2cc(C)cc(C)c2)c2cc(C)cc(C)c2)c1.[Cl-].[Cl-].[Cl-].[Ti+4]. The Balaban J connectivity index is 0.00000342. The minimum Gasteiger partial charge on any atom is -1.00 e. The van der Waals surface area contributed by atoms with Gasteiger partial charge in [0.25, 0.3) is 0 Å². The van der Waals surface area contributed by atoms with Gasteiger partial charge in [-0.1, -0.05) is 108 Å². The van der Waals surface area contributed by atoms with Crippen LogP contribution in [-0.4, -0.2) is 16.1 Å². The molecule has 4 rings (SSSR count). The van der Waals surface area contributed by atoms with E-state index in [1.165, 1.54) is 54.1 Å². The zero-order valence-electron chi connectivity index (χ0n) is 24.1. The van der Waals surface area contributed by atoms with Gasteiger partial charge in [-0.25, -0.2) is 10.4 Å². The van der Waals surface area contributed by atoms with Crippen LogP contribution in [0.5, 0.6) is 0 Å². The molecule has 0 spiro atoms. The molecule has 0 radical (unpaired) electrons. The molecule has 1 aliphatic carbocycles. The minimum absolute atomic E-state index is 0. The van der Waals surface area contributed by atoms with Crippen molar-refractivity contribution in [2.45, 2.75) is 67.6 Å². The summed E-state index contributed by atoms with van der Waals surface area (Å²) >= 11 is 0. The van der Waals surface area contributed by atoms with Crippen LogP contribution in [0, 0.1) is 47.6 Å². The van der Waals surface area contributed by atoms with Gasteiger partial charge in [0.05, 0.1) is 0 Å². The molecule has 0 amide bonds. The van der Waals surface area contributed by atoms with Crippen molar-refractivity contribution in [2.75, 3.05) is 0 Å². The van der Waals surface area contributed by atoms with Gasteiger partial charge in [-0.3, -0.25) is 6.08 Å². The number of hydrogen-bond acceptors (Lipinski definition) is 0. The Labute approximate surface area is 266 Å². The van der Waals surface area contributed by atoms with E-state index in [0.29, 0.717) is 0 Å². The topological polar surface area (TPSA) is 0 Å². The molecular formula is C32H39Cl3Si2Ti. The maximum atomic E-state index is 3.99. The third kappa shape index (κ3) is 7.26. The van der Waals surface area contributed by atoms with Crippen LogP contribution in [0.2, 0.25) is 19.6 Å². The first-order valence-corrected chi connectivity index (χ1v) is 18.0. The number of aryl methyl sites for hydroxylation is 6. The van der Waals surface area contributed by atoms with Crippen molar-refractivity contribution in [3.05, 3.63) is 111 Å². The summed E-state index contributed by atoms with van der Waals surface area (Å²) in [5.41, 5.74) is 8.07. The third-order valence-electron chi connectivity index (χ3n) is 7.00. The van der Waals surface area contributed by atoms with Crippen molar-refractivity contribution >= 4 is 31.7 Å². The van der Waals surface area contributed by atoms with E-state index in [4.69, 9.17) is 0 Å². The van der Waals surface area contributed by atoms with Crippen LogP contribution < -0.4 is 52.8 Å². The monoisotopic (exact) mass is 632 g/mol. The van der Waals surface area contributed by atoms with Crippen molar-refractivity contribution in [1.82, 2.24) is 0 Å². The Bertz CT molecular complexity index is 1150. The molecule has 0 nitrogen and oxygen atoms in total. The van der Waals surface area contributed by atoms with Crippen LogP contribution in [0.4, 0.5) is 0 Å². The second kappa shape index (κ2) is 14.2. The predicted molar refractivity (Wildman–Crippen MR) is 155 cm³/mol. The molecule has 1 aliphatic rings. The van der Waals surface area contributed by atoms with E-state index in [0.717, 1.165) is 6.42 Å². The molecule has 0 saturated heterocycles. The minimum atomic E-state index is -2.58. The maximum absolute atomic E-state index is 3.99. The van der Waals surface area contributed by atoms with E-state index >= 15 is 0 Å². The van der Waals surface area contributed by atoms with Crippen LogP contribution >= 0.6 is 0 Å². The molecule has 38 heavy (non-hydrogen) atoms. The van der Waals surface area contributed by atoms with Gasteiger partial charge in [0.2, 0.25) is 0 Å². The summed E-state index contributed by atoms with van der Waals surface area (Å²) in [6.45, 7) is 21.0. The van der Waals surface area contributed by atoms with Crippen LogP contribution in [0.3, 0.4) is 0 Å². The predicted octanol–water partition coefficient (Wildman–Crippen LogP) is -2.51. The molecule has 0 unspecified atom stereocenters. The Kier molecular flexibility index (Phi) is 13.9. The van der Waals surface area contributed by atoms with Crippen LogP contribution in [-0.2, 0) is 21.7 Å². The fourth-order valence-electron chi connectivity index (χ4n) is 5.97. The van der Waals surface area contributed by atoms with Crippen molar-refractivity contribution in [3.63, 3.8) is 0 Å². The van der Waals surface area contributed by atoms with E-state index in [9.17, 15) is 0 Å². The van der Waals surface area contributed by atoms with E-state index in [2.05, 4.69) is 128 Å². The molecule has 0 atom stereocenters. The second-order valence-electron chi connectivity index (χ2n) is 11.5. The fourth-order valence-corrected chi connectivity index (χ4v) is 14.6. The third-order valence-corrected chi connectivity index (χ3v) is 14.0. The summed E-state index contributed by atoms with van der Waals surface area (Å²) < 4.78 is 0. The van der Waals surface area contributed by atoms with Crippen LogP contribution in [0.1, 0.15) is 39.8 Å². The van der Waals surface area contributed by atoms with E-state index in [1.54, 1.807) is 5.20 Å². The van der Waals surface area contributed by atoms with Crippen molar-refractivity contribution in [3.8, 4) is 0 Å². The van der Waals surface area contributed by atoms with Gasteiger partial charge in [0.15, 0.2) is 0 Å². The Morgan fingerprint density at radius 2 is 0.816 bits per heavy atom. The summed E-state index contributed by atoms with van der Waals surface area (Å²) in [7, 11) is -4.16. The van der Waals surface area contributed by atoms with Crippen molar-refractivity contribution in [2.24, 2.45) is 0 Å². The molecule has 0 aromatic heterocycles. The standard InChI is InChI=1S/C32H39Si2.3ClH.Ti/c1-22-13-23(2)17-28(16-22)34(29-18-24(3)14-25(4)19-29,30-20-26(5)15-27(6)21-30)32-12-10-11-31(32)33(7,8)9;;;;/h11,13-21H,10H2,1-9H3;3*1H;/q-1;;;;+4/p-3. The first-order valence-electron chi connectivity index (χ1n) is 12.5. The van der Waals surface area contributed by atoms with Crippen molar-refractivity contribution in [1.29, 1.82) is 0 Å². The zero-order chi connectivity index (χ0) is 24.8. The molecule has 0 aliphatic heterocycles. The number of hydrogen-bond donors (Lipinski definition) is 0. The summed E-state index contributed by atoms with van der Waals surface area (Å²) in [6, 6.07) is 21.8. The number of benzene rings is 3. The van der Waals surface area contributed by atoms with Gasteiger partial charge in [-0.05, 0) is 65.2 Å². The van der Waals surface area contributed by atoms with E-state index < -0.39 is 16.1 Å². The Hall–Kier alpha value is -0.842. The van der Waals surface area contributed by atoms with Gasteiger partial charge in [0, 0.05) is 0 Å². The smallest absolute Gasteiger partial charge is 1.00 e. The van der Waals surface area contributed by atoms with Crippen LogP contribution in [0.25, 0.3) is 0 Å². The zero-order valence-corrected chi connectivity index (χ0v) is 29.9. The number of halogens is 3. The average Bonchev–Trinajstić information content (AvgIpc) is 3.17. The molecule has 0 fully saturated rings. The summed E-state index contributed by atoms with van der Waals surface area (Å²) in [4.78, 5) is 0. The fraction of sp³-hybridized carbons (Fsp3) is 0.312. The van der Waals surface area contributed by atoms with Gasteiger partial charge < -0.3 is 37.2 Å². The normalized spacial score (nSPS) is 12.8. The second-order valence-corrected chi connectivity index (χ2v) is 20.3. The van der Waals surface area contributed by atoms with Gasteiger partial charge >= 0.3 is 21.7 Å². The van der Waals surface area contributed by atoms with Crippen molar-refractivity contribution < 1.29 is 58.9 Å².